The van der Waals surface area contributed by atoms with Crippen LogP contribution >= 0.6 is 9.39 Å². The van der Waals surface area contributed by atoms with Crippen LogP contribution in [0.15, 0.2) is 64.8 Å². The number of aromatic nitrogens is 3. The number of hydrogen-bond acceptors (Lipinski definition) is 4. The standard InChI is InChI=1S/C25H28N7P/c1-25(2,3)23-21(26-4)24(32(30-23)16-15-27-33)29-28-20-18-13-9-10-14-19(18)31(5)22(20)17-11-7-6-8-12-17/h6-14,27H,15-16,33H2,1-3,5H3/b29-28+. The van der Waals surface area contributed by atoms with E-state index in [0.717, 1.165) is 33.5 Å². The van der Waals surface area contributed by atoms with Crippen LogP contribution < -0.4 is 5.09 Å². The van der Waals surface area contributed by atoms with Gasteiger partial charge < -0.3 is 4.57 Å². The van der Waals surface area contributed by atoms with Crippen LogP contribution in [0.25, 0.3) is 27.0 Å². The Labute approximate surface area is 196 Å². The lowest BCUT2D eigenvalue weighted by Crippen LogP contribution is -2.15. The minimum Gasteiger partial charge on any atom is -0.342 e. The number of nitrogens with one attached hydrogen (secondary N) is 1. The lowest BCUT2D eigenvalue weighted by molar-refractivity contribution is 0.533. The highest BCUT2D eigenvalue weighted by Gasteiger charge is 2.27. The van der Waals surface area contributed by atoms with Gasteiger partial charge in [-0.05, 0) is 11.5 Å². The Bertz CT molecular complexity index is 1350. The first-order valence-corrected chi connectivity index (χ1v) is 11.4. The number of para-hydroxylation sites is 1. The molecule has 7 nitrogen and oxygen atoms in total. The van der Waals surface area contributed by atoms with Crippen molar-refractivity contribution in [2.24, 2.45) is 17.3 Å². The van der Waals surface area contributed by atoms with Crippen LogP contribution in [0, 0.1) is 6.57 Å². The van der Waals surface area contributed by atoms with Gasteiger partial charge in [0.25, 0.3) is 5.69 Å². The summed E-state index contributed by atoms with van der Waals surface area (Å²) in [6.45, 7) is 15.3. The fourth-order valence-corrected chi connectivity index (χ4v) is 4.10. The van der Waals surface area contributed by atoms with Crippen molar-refractivity contribution >= 4 is 37.5 Å². The lowest BCUT2D eigenvalue weighted by Gasteiger charge is -2.15. The molecule has 2 aromatic heterocycles. The first-order valence-electron chi connectivity index (χ1n) is 10.8. The Kier molecular flexibility index (Phi) is 6.42. The zero-order valence-corrected chi connectivity index (χ0v) is 20.5. The molecule has 1 atom stereocenters. The quantitative estimate of drug-likeness (QED) is 0.199. The highest BCUT2D eigenvalue weighted by atomic mass is 31.0. The summed E-state index contributed by atoms with van der Waals surface area (Å²) in [6.07, 6.45) is 0. The maximum atomic E-state index is 7.84. The molecule has 1 N–H and O–H groups in total. The summed E-state index contributed by atoms with van der Waals surface area (Å²) >= 11 is 0. The molecule has 4 aromatic rings. The Morgan fingerprint density at radius 2 is 1.76 bits per heavy atom. The number of benzene rings is 2. The molecule has 4 rings (SSSR count). The summed E-state index contributed by atoms with van der Waals surface area (Å²) < 4.78 is 3.92. The van der Waals surface area contributed by atoms with E-state index in [1.165, 1.54) is 0 Å². The monoisotopic (exact) mass is 457 g/mol. The molecule has 0 aliphatic heterocycles. The summed E-state index contributed by atoms with van der Waals surface area (Å²) in [7, 11) is 4.54. The van der Waals surface area contributed by atoms with Gasteiger partial charge in [0.15, 0.2) is 5.82 Å². The number of nitrogens with zero attached hydrogens (tertiary/aromatic N) is 6. The summed E-state index contributed by atoms with van der Waals surface area (Å²) in [6, 6.07) is 18.4. The van der Waals surface area contributed by atoms with Crippen molar-refractivity contribution in [2.45, 2.75) is 32.7 Å². The largest absolute Gasteiger partial charge is 0.342 e. The molecule has 0 aliphatic rings. The predicted molar refractivity (Wildman–Crippen MR) is 137 cm³/mol. The lowest BCUT2D eigenvalue weighted by atomic mass is 9.91. The maximum absolute atomic E-state index is 7.84. The molecule has 0 amide bonds. The van der Waals surface area contributed by atoms with Crippen molar-refractivity contribution in [2.75, 3.05) is 6.54 Å². The summed E-state index contributed by atoms with van der Waals surface area (Å²) in [5.74, 6) is 0.488. The smallest absolute Gasteiger partial charge is 0.255 e. The van der Waals surface area contributed by atoms with Crippen LogP contribution in [-0.4, -0.2) is 20.9 Å². The molecule has 1 unspecified atom stereocenters. The molecule has 0 spiro atoms. The number of rotatable bonds is 6. The van der Waals surface area contributed by atoms with E-state index in [1.54, 1.807) is 4.68 Å². The average molecular weight is 458 g/mol. The Morgan fingerprint density at radius 1 is 1.06 bits per heavy atom. The summed E-state index contributed by atoms with van der Waals surface area (Å²) in [5, 5.41) is 18.2. The van der Waals surface area contributed by atoms with Gasteiger partial charge in [-0.3, -0.25) is 9.77 Å². The third kappa shape index (κ3) is 4.32. The van der Waals surface area contributed by atoms with Crippen LogP contribution in [0.3, 0.4) is 0 Å². The van der Waals surface area contributed by atoms with Gasteiger partial charge >= 0.3 is 0 Å². The molecule has 2 aromatic carbocycles. The third-order valence-electron chi connectivity index (χ3n) is 5.56. The Balaban J connectivity index is 1.93. The molecular weight excluding hydrogens is 429 g/mol. The fourth-order valence-electron chi connectivity index (χ4n) is 3.98. The first-order chi connectivity index (χ1) is 15.9. The van der Waals surface area contributed by atoms with E-state index in [9.17, 15) is 0 Å². The van der Waals surface area contributed by atoms with Gasteiger partial charge in [0.1, 0.15) is 5.69 Å². The van der Waals surface area contributed by atoms with E-state index in [1.807, 2.05) is 37.4 Å². The van der Waals surface area contributed by atoms with Gasteiger partial charge in [-0.2, -0.15) is 5.10 Å². The number of hydrogen-bond donors (Lipinski definition) is 1. The third-order valence-corrected chi connectivity index (χ3v) is 5.85. The topological polar surface area (TPSA) is 63.9 Å². The van der Waals surface area contributed by atoms with Gasteiger partial charge in [-0.1, -0.05) is 78.7 Å². The van der Waals surface area contributed by atoms with Crippen molar-refractivity contribution in [3.63, 3.8) is 0 Å². The van der Waals surface area contributed by atoms with E-state index in [2.05, 4.69) is 74.0 Å². The second kappa shape index (κ2) is 9.27. The molecule has 0 bridgehead atoms. The van der Waals surface area contributed by atoms with Gasteiger partial charge in [0, 0.05) is 24.5 Å². The number of aryl methyl sites for hydroxylation is 1. The summed E-state index contributed by atoms with van der Waals surface area (Å²) in [4.78, 5) is 3.81. The van der Waals surface area contributed by atoms with Gasteiger partial charge in [-0.15, -0.1) is 10.2 Å². The molecule has 0 saturated carbocycles. The van der Waals surface area contributed by atoms with Crippen LogP contribution in [-0.2, 0) is 19.0 Å². The van der Waals surface area contributed by atoms with Gasteiger partial charge in [-0.25, -0.2) is 4.85 Å². The maximum Gasteiger partial charge on any atom is 0.255 e. The number of azo groups is 1. The zero-order chi connectivity index (χ0) is 23.6. The Morgan fingerprint density at radius 3 is 2.42 bits per heavy atom. The van der Waals surface area contributed by atoms with E-state index >= 15 is 0 Å². The molecule has 33 heavy (non-hydrogen) atoms. The molecule has 0 fully saturated rings. The van der Waals surface area contributed by atoms with E-state index in [-0.39, 0.29) is 5.41 Å². The van der Waals surface area contributed by atoms with Gasteiger partial charge in [0.05, 0.1) is 30.0 Å². The SMILES string of the molecule is [C-]#[N+]c1c(C(C)(C)C)nn(CCNP)c1/N=N/c1c(-c2ccccc2)n(C)c2ccccc12. The van der Waals surface area contributed by atoms with Crippen LogP contribution in [0.2, 0.25) is 0 Å². The van der Waals surface area contributed by atoms with Gasteiger partial charge in [0.2, 0.25) is 0 Å². The van der Waals surface area contributed by atoms with Crippen LogP contribution in [0.5, 0.6) is 0 Å². The molecule has 8 heteroatoms. The molecule has 0 aliphatic carbocycles. The average Bonchev–Trinajstić information content (AvgIpc) is 3.31. The second-order valence-corrected chi connectivity index (χ2v) is 9.31. The Hall–Kier alpha value is -3.33. The zero-order valence-electron chi connectivity index (χ0n) is 19.4. The minimum absolute atomic E-state index is 0.279. The van der Waals surface area contributed by atoms with Crippen molar-refractivity contribution in [1.82, 2.24) is 19.4 Å². The highest BCUT2D eigenvalue weighted by Crippen LogP contribution is 2.43. The van der Waals surface area contributed by atoms with Crippen molar-refractivity contribution in [3.8, 4) is 11.3 Å². The summed E-state index contributed by atoms with van der Waals surface area (Å²) in [5.41, 5.74) is 4.81. The number of fused-ring (bicyclic) bond motifs is 1. The van der Waals surface area contributed by atoms with Crippen molar-refractivity contribution in [3.05, 3.63) is 71.7 Å². The van der Waals surface area contributed by atoms with Crippen LogP contribution in [0.1, 0.15) is 26.5 Å². The van der Waals surface area contributed by atoms with E-state index in [4.69, 9.17) is 16.8 Å². The molecule has 0 radical (unpaired) electrons. The second-order valence-electron chi connectivity index (χ2n) is 8.90. The first kappa shape index (κ1) is 22.8. The highest BCUT2D eigenvalue weighted by molar-refractivity contribution is 7.13. The predicted octanol–water partition coefficient (Wildman–Crippen LogP) is 6.69. The normalized spacial score (nSPS) is 12.0. The molecule has 0 saturated heterocycles. The van der Waals surface area contributed by atoms with Crippen molar-refractivity contribution < 1.29 is 0 Å². The molecule has 2 heterocycles. The fraction of sp³-hybridized carbons (Fsp3) is 0.280. The molecular formula is C25H28N7P. The van der Waals surface area contributed by atoms with E-state index in [0.29, 0.717) is 24.6 Å². The molecule has 168 valence electrons. The van der Waals surface area contributed by atoms with Crippen molar-refractivity contribution in [1.29, 1.82) is 0 Å². The van der Waals surface area contributed by atoms with Crippen LogP contribution in [0.4, 0.5) is 17.2 Å². The van der Waals surface area contributed by atoms with E-state index < -0.39 is 0 Å². The minimum atomic E-state index is -0.279.